The monoisotopic (exact) mass is 275 g/mol. The molecule has 2 aliphatic rings. The van der Waals surface area contributed by atoms with Gasteiger partial charge in [-0.15, -0.1) is 0 Å². The fourth-order valence-electron chi connectivity index (χ4n) is 3.24. The quantitative estimate of drug-likeness (QED) is 0.898. The molecule has 0 aliphatic heterocycles. The Morgan fingerprint density at radius 1 is 1.30 bits per heavy atom. The first-order chi connectivity index (χ1) is 9.75. The van der Waals surface area contributed by atoms with Crippen molar-refractivity contribution >= 4 is 5.91 Å². The molecule has 1 N–H and O–H groups in total. The lowest BCUT2D eigenvalue weighted by Gasteiger charge is -2.21. The van der Waals surface area contributed by atoms with Crippen LogP contribution in [0.1, 0.15) is 62.4 Å². The first kappa shape index (κ1) is 13.7. The van der Waals surface area contributed by atoms with Crippen molar-refractivity contribution < 1.29 is 4.79 Å². The zero-order valence-electron chi connectivity index (χ0n) is 12.4. The summed E-state index contributed by atoms with van der Waals surface area (Å²) in [6, 6.07) is 0. The van der Waals surface area contributed by atoms with Crippen LogP contribution in [0.15, 0.2) is 6.20 Å². The van der Waals surface area contributed by atoms with E-state index in [1.54, 1.807) is 0 Å². The third-order valence-electron chi connectivity index (χ3n) is 4.64. The predicted molar refractivity (Wildman–Crippen MR) is 78.5 cm³/mol. The van der Waals surface area contributed by atoms with Crippen LogP contribution in [-0.4, -0.2) is 22.0 Å². The van der Waals surface area contributed by atoms with Crippen molar-refractivity contribution in [2.24, 2.45) is 5.92 Å². The number of hydrogen-bond donors (Lipinski definition) is 1. The second-order valence-corrected chi connectivity index (χ2v) is 6.31. The summed E-state index contributed by atoms with van der Waals surface area (Å²) in [4.78, 5) is 16.6. The predicted octanol–water partition coefficient (Wildman–Crippen LogP) is 2.77. The maximum Gasteiger partial charge on any atom is 0.223 e. The Labute approximate surface area is 121 Å². The molecule has 3 rings (SSSR count). The number of aryl methyl sites for hydroxylation is 1. The summed E-state index contributed by atoms with van der Waals surface area (Å²) in [5, 5.41) is 3.12. The van der Waals surface area contributed by atoms with Gasteiger partial charge < -0.3 is 9.88 Å². The topological polar surface area (TPSA) is 46.9 Å². The van der Waals surface area contributed by atoms with Crippen LogP contribution in [0.25, 0.3) is 0 Å². The van der Waals surface area contributed by atoms with E-state index >= 15 is 0 Å². The molecule has 0 unspecified atom stereocenters. The van der Waals surface area contributed by atoms with Gasteiger partial charge in [-0.25, -0.2) is 4.98 Å². The van der Waals surface area contributed by atoms with Gasteiger partial charge in [0.05, 0.1) is 0 Å². The van der Waals surface area contributed by atoms with E-state index in [1.165, 1.54) is 43.6 Å². The highest BCUT2D eigenvalue weighted by Gasteiger charge is 2.28. The van der Waals surface area contributed by atoms with Crippen LogP contribution in [0, 0.1) is 12.8 Å². The molecule has 0 spiro atoms. The molecule has 2 aliphatic carbocycles. The molecule has 2 saturated carbocycles. The summed E-state index contributed by atoms with van der Waals surface area (Å²) in [7, 11) is 0. The maximum absolute atomic E-state index is 12.1. The summed E-state index contributed by atoms with van der Waals surface area (Å²) < 4.78 is 2.28. The number of nitrogens with zero attached hydrogens (tertiary/aromatic N) is 2. The lowest BCUT2D eigenvalue weighted by Crippen LogP contribution is -2.34. The molecule has 4 nitrogen and oxygen atoms in total. The molecule has 1 heterocycles. The SMILES string of the molecule is Cc1cnc(C2CC2)n1CCNC(=O)C1CCCCC1. The van der Waals surface area contributed by atoms with Crippen molar-refractivity contribution in [1.29, 1.82) is 0 Å². The Bertz CT molecular complexity index is 470. The summed E-state index contributed by atoms with van der Waals surface area (Å²) in [5.74, 6) is 2.40. The van der Waals surface area contributed by atoms with Gasteiger partial charge in [0.15, 0.2) is 0 Å². The first-order valence-electron chi connectivity index (χ1n) is 8.05. The van der Waals surface area contributed by atoms with Gasteiger partial charge >= 0.3 is 0 Å². The molecule has 0 bridgehead atoms. The second kappa shape index (κ2) is 5.98. The molecule has 1 amide bonds. The molecule has 110 valence electrons. The number of carbonyl (C=O) groups excluding carboxylic acids is 1. The van der Waals surface area contributed by atoms with E-state index in [-0.39, 0.29) is 11.8 Å². The highest BCUT2D eigenvalue weighted by molar-refractivity contribution is 5.78. The van der Waals surface area contributed by atoms with E-state index in [0.717, 1.165) is 25.9 Å². The van der Waals surface area contributed by atoms with Crippen molar-refractivity contribution in [3.63, 3.8) is 0 Å². The normalized spacial score (nSPS) is 20.1. The molecular weight excluding hydrogens is 250 g/mol. The molecular formula is C16H25N3O. The number of imidazole rings is 1. The number of carbonyl (C=O) groups is 1. The van der Waals surface area contributed by atoms with E-state index in [9.17, 15) is 4.79 Å². The van der Waals surface area contributed by atoms with Gasteiger partial charge in [0, 0.05) is 36.8 Å². The minimum Gasteiger partial charge on any atom is -0.354 e. The number of aromatic nitrogens is 2. The van der Waals surface area contributed by atoms with Gasteiger partial charge in [0.1, 0.15) is 5.82 Å². The lowest BCUT2D eigenvalue weighted by molar-refractivity contribution is -0.125. The summed E-state index contributed by atoms with van der Waals surface area (Å²) >= 11 is 0. The van der Waals surface area contributed by atoms with Crippen LogP contribution < -0.4 is 5.32 Å². The fraction of sp³-hybridized carbons (Fsp3) is 0.750. The van der Waals surface area contributed by atoms with Crippen LogP contribution in [0.3, 0.4) is 0 Å². The van der Waals surface area contributed by atoms with E-state index in [4.69, 9.17) is 0 Å². The molecule has 1 aromatic heterocycles. The molecule has 2 fully saturated rings. The van der Waals surface area contributed by atoms with E-state index in [0.29, 0.717) is 5.92 Å². The largest absolute Gasteiger partial charge is 0.354 e. The lowest BCUT2D eigenvalue weighted by atomic mass is 9.89. The Hall–Kier alpha value is -1.32. The zero-order chi connectivity index (χ0) is 13.9. The average Bonchev–Trinajstić information content (AvgIpc) is 3.25. The van der Waals surface area contributed by atoms with Gasteiger partial charge in [0.25, 0.3) is 0 Å². The van der Waals surface area contributed by atoms with E-state index in [1.807, 2.05) is 6.20 Å². The third kappa shape index (κ3) is 3.05. The molecule has 0 atom stereocenters. The van der Waals surface area contributed by atoms with Gasteiger partial charge in [-0.1, -0.05) is 19.3 Å². The van der Waals surface area contributed by atoms with Crippen molar-refractivity contribution in [3.05, 3.63) is 17.7 Å². The summed E-state index contributed by atoms with van der Waals surface area (Å²) in [6.07, 6.45) is 10.4. The molecule has 20 heavy (non-hydrogen) atoms. The highest BCUT2D eigenvalue weighted by Crippen LogP contribution is 2.39. The molecule has 1 aromatic rings. The maximum atomic E-state index is 12.1. The fourth-order valence-corrected chi connectivity index (χ4v) is 3.24. The summed E-state index contributed by atoms with van der Waals surface area (Å²) in [5.41, 5.74) is 1.21. The molecule has 0 aromatic carbocycles. The van der Waals surface area contributed by atoms with Gasteiger partial charge in [-0.2, -0.15) is 0 Å². The van der Waals surface area contributed by atoms with Crippen LogP contribution in [-0.2, 0) is 11.3 Å². The van der Waals surface area contributed by atoms with Crippen molar-refractivity contribution in [3.8, 4) is 0 Å². The van der Waals surface area contributed by atoms with E-state index < -0.39 is 0 Å². The zero-order valence-corrected chi connectivity index (χ0v) is 12.4. The minimum atomic E-state index is 0.260. The number of rotatable bonds is 5. The van der Waals surface area contributed by atoms with E-state index in [2.05, 4.69) is 21.8 Å². The number of nitrogens with one attached hydrogen (secondary N) is 1. The Morgan fingerprint density at radius 3 is 2.75 bits per heavy atom. The molecule has 0 radical (unpaired) electrons. The third-order valence-corrected chi connectivity index (χ3v) is 4.64. The van der Waals surface area contributed by atoms with Crippen LogP contribution in [0.2, 0.25) is 0 Å². The summed E-state index contributed by atoms with van der Waals surface area (Å²) in [6.45, 7) is 3.68. The molecule has 0 saturated heterocycles. The minimum absolute atomic E-state index is 0.260. The number of hydrogen-bond acceptors (Lipinski definition) is 2. The standard InChI is InChI=1S/C16H25N3O/c1-12-11-18-15(13-7-8-13)19(12)10-9-17-16(20)14-5-3-2-4-6-14/h11,13-14H,2-10H2,1H3,(H,17,20). The van der Waals surface area contributed by atoms with Gasteiger partial charge in [-0.05, 0) is 32.6 Å². The van der Waals surface area contributed by atoms with Crippen molar-refractivity contribution in [2.45, 2.75) is 64.3 Å². The van der Waals surface area contributed by atoms with Crippen molar-refractivity contribution in [2.75, 3.05) is 6.54 Å². The number of amides is 1. The van der Waals surface area contributed by atoms with Crippen LogP contribution in [0.4, 0.5) is 0 Å². The second-order valence-electron chi connectivity index (χ2n) is 6.31. The Morgan fingerprint density at radius 2 is 2.05 bits per heavy atom. The molecule has 4 heteroatoms. The van der Waals surface area contributed by atoms with Gasteiger partial charge in [0.2, 0.25) is 5.91 Å². The Kier molecular flexibility index (Phi) is 4.08. The van der Waals surface area contributed by atoms with Gasteiger partial charge in [-0.3, -0.25) is 4.79 Å². The highest BCUT2D eigenvalue weighted by atomic mass is 16.1. The van der Waals surface area contributed by atoms with Crippen molar-refractivity contribution in [1.82, 2.24) is 14.9 Å². The average molecular weight is 275 g/mol. The Balaban J connectivity index is 1.49. The first-order valence-corrected chi connectivity index (χ1v) is 8.05. The van der Waals surface area contributed by atoms with Crippen LogP contribution >= 0.6 is 0 Å². The van der Waals surface area contributed by atoms with Crippen LogP contribution in [0.5, 0.6) is 0 Å². The smallest absolute Gasteiger partial charge is 0.223 e.